The predicted molar refractivity (Wildman–Crippen MR) is 174 cm³/mol. The fourth-order valence-electron chi connectivity index (χ4n) is 5.25. The van der Waals surface area contributed by atoms with E-state index < -0.39 is 30.2 Å². The van der Waals surface area contributed by atoms with E-state index in [9.17, 15) is 14.7 Å². The molecule has 0 aromatic carbocycles. The van der Waals surface area contributed by atoms with Crippen LogP contribution in [0.1, 0.15) is 66.2 Å². The van der Waals surface area contributed by atoms with Gasteiger partial charge in [0.25, 0.3) is 0 Å². The molecule has 0 aliphatic carbocycles. The van der Waals surface area contributed by atoms with Gasteiger partial charge < -0.3 is 28.8 Å². The van der Waals surface area contributed by atoms with E-state index in [0.717, 1.165) is 25.7 Å². The third kappa shape index (κ3) is 15.1. The zero-order chi connectivity index (χ0) is 33.1. The van der Waals surface area contributed by atoms with Crippen molar-refractivity contribution in [3.8, 4) is 0 Å². The Morgan fingerprint density at radius 1 is 1.07 bits per heavy atom. The summed E-state index contributed by atoms with van der Waals surface area (Å²) in [6.07, 6.45) is 15.7. The van der Waals surface area contributed by atoms with Crippen LogP contribution in [0.4, 0.5) is 0 Å². The van der Waals surface area contributed by atoms with Crippen LogP contribution in [0, 0.1) is 17.8 Å². The van der Waals surface area contributed by atoms with Gasteiger partial charge in [-0.2, -0.15) is 0 Å². The zero-order valence-corrected chi connectivity index (χ0v) is 28.6. The molecule has 1 rings (SSSR count). The summed E-state index contributed by atoms with van der Waals surface area (Å²) >= 11 is 0. The second-order valence-corrected chi connectivity index (χ2v) is 12.2. The summed E-state index contributed by atoms with van der Waals surface area (Å²) < 4.78 is 28.0. The van der Waals surface area contributed by atoms with Crippen molar-refractivity contribution in [3.63, 3.8) is 0 Å². The summed E-state index contributed by atoms with van der Waals surface area (Å²) in [6, 6.07) is -0.571. The van der Waals surface area contributed by atoms with Crippen LogP contribution in [0.5, 0.6) is 0 Å². The number of esters is 2. The molecule has 0 saturated carbocycles. The molecule has 1 aliphatic rings. The standard InChI is InChI=1S/C35H59NO8/c1-25-18-19-26(2)31(42-9)21-20-27(3)34(38)28(4)32(44-35(39)30(24-40-7)36(5)6)16-11-10-12-17-33(37)43-22-14-13-15-29(23-25)41-8/h10-13,15,17,19,25,27-32,34,38H,14,16,18,20-24H2,1-9H3/b11-10+,15-13+,17-12+,26-19+/t25-,27-,28-,29+,30?,31+,32-,34-/m1/s1. The number of allylic oxidation sites excluding steroid dienone is 3. The van der Waals surface area contributed by atoms with Crippen molar-refractivity contribution in [2.75, 3.05) is 48.6 Å². The lowest BCUT2D eigenvalue weighted by atomic mass is 9.84. The number of nitrogens with zero attached hydrogens (tertiary/aromatic N) is 1. The predicted octanol–water partition coefficient (Wildman–Crippen LogP) is 5.29. The third-order valence-corrected chi connectivity index (χ3v) is 8.38. The Kier molecular flexibility index (Phi) is 20.1. The Labute approximate surface area is 266 Å². The maximum atomic E-state index is 13.1. The molecular weight excluding hydrogens is 562 g/mol. The topological polar surface area (TPSA) is 104 Å². The van der Waals surface area contributed by atoms with E-state index in [-0.39, 0.29) is 37.3 Å². The van der Waals surface area contributed by atoms with Gasteiger partial charge in [0.15, 0.2) is 0 Å². The molecule has 1 heterocycles. The molecule has 1 aliphatic heterocycles. The molecular formula is C35H59NO8. The van der Waals surface area contributed by atoms with Crippen LogP contribution in [0.25, 0.3) is 0 Å². The first-order chi connectivity index (χ1) is 20.9. The monoisotopic (exact) mass is 621 g/mol. The molecule has 1 N–H and O–H groups in total. The number of rotatable bonds is 7. The fourth-order valence-corrected chi connectivity index (χ4v) is 5.25. The lowest BCUT2D eigenvalue weighted by Crippen LogP contribution is -2.44. The first-order valence-electron chi connectivity index (χ1n) is 15.9. The minimum absolute atomic E-state index is 0.00984. The van der Waals surface area contributed by atoms with E-state index in [4.69, 9.17) is 23.7 Å². The van der Waals surface area contributed by atoms with Gasteiger partial charge in [0.2, 0.25) is 0 Å². The molecule has 1 unspecified atom stereocenters. The van der Waals surface area contributed by atoms with Gasteiger partial charge in [-0.15, -0.1) is 0 Å². The Hall–Kier alpha value is -2.30. The Balaban J connectivity index is 3.20. The highest BCUT2D eigenvalue weighted by Gasteiger charge is 2.33. The lowest BCUT2D eigenvalue weighted by Gasteiger charge is -2.33. The number of carbonyl (C=O) groups excluding carboxylic acids is 2. The number of aliphatic hydroxyl groups is 1. The summed E-state index contributed by atoms with van der Waals surface area (Å²) in [5.74, 6) is -0.841. The van der Waals surface area contributed by atoms with E-state index >= 15 is 0 Å². The number of carbonyl (C=O) groups is 2. The van der Waals surface area contributed by atoms with Gasteiger partial charge in [-0.05, 0) is 70.5 Å². The van der Waals surface area contributed by atoms with Crippen LogP contribution >= 0.6 is 0 Å². The SMILES string of the molecule is COCC(C(=O)O[C@@H]1C/C=C/C=C/C(=O)OCC/C=C/[C@H](OC)C[C@H](C)C/C=C(\C)[C@@H](OC)CC[C@@H](C)[C@@H](O)[C@@H]1C)N(C)C. The molecule has 9 nitrogen and oxygen atoms in total. The average Bonchev–Trinajstić information content (AvgIpc) is 2.99. The minimum atomic E-state index is -0.710. The highest BCUT2D eigenvalue weighted by atomic mass is 16.6. The number of methoxy groups -OCH3 is 3. The van der Waals surface area contributed by atoms with Crippen molar-refractivity contribution in [2.24, 2.45) is 17.8 Å². The van der Waals surface area contributed by atoms with Crippen LogP contribution in [-0.4, -0.2) is 101 Å². The molecule has 0 saturated heterocycles. The van der Waals surface area contributed by atoms with E-state index in [1.807, 2.05) is 32.1 Å². The summed E-state index contributed by atoms with van der Waals surface area (Å²) in [6.45, 7) is 8.70. The molecule has 9 heteroatoms. The number of hydrogen-bond acceptors (Lipinski definition) is 9. The van der Waals surface area contributed by atoms with Crippen molar-refractivity contribution >= 4 is 11.9 Å². The molecule has 0 radical (unpaired) electrons. The second kappa shape index (κ2) is 22.2. The van der Waals surface area contributed by atoms with E-state index in [1.54, 1.807) is 52.5 Å². The van der Waals surface area contributed by atoms with Crippen LogP contribution in [-0.2, 0) is 33.3 Å². The first kappa shape index (κ1) is 39.7. The maximum absolute atomic E-state index is 13.1. The zero-order valence-electron chi connectivity index (χ0n) is 28.6. The van der Waals surface area contributed by atoms with Gasteiger partial charge >= 0.3 is 11.9 Å². The summed E-state index contributed by atoms with van der Waals surface area (Å²) in [5, 5.41) is 11.4. The van der Waals surface area contributed by atoms with Gasteiger partial charge in [-0.1, -0.05) is 57.2 Å². The molecule has 8 atom stereocenters. The highest BCUT2D eigenvalue weighted by Crippen LogP contribution is 2.27. The van der Waals surface area contributed by atoms with Crippen molar-refractivity contribution in [2.45, 2.75) is 96.7 Å². The van der Waals surface area contributed by atoms with Crippen LogP contribution in [0.2, 0.25) is 0 Å². The Bertz CT molecular complexity index is 943. The Morgan fingerprint density at radius 2 is 1.80 bits per heavy atom. The maximum Gasteiger partial charge on any atom is 0.330 e. The summed E-state index contributed by atoms with van der Waals surface area (Å²) in [4.78, 5) is 27.0. The quantitative estimate of drug-likeness (QED) is 0.300. The Morgan fingerprint density at radius 3 is 2.43 bits per heavy atom. The lowest BCUT2D eigenvalue weighted by molar-refractivity contribution is -0.161. The van der Waals surface area contributed by atoms with Gasteiger partial charge in [0.1, 0.15) is 12.1 Å². The summed E-state index contributed by atoms with van der Waals surface area (Å²) in [7, 11) is 8.58. The molecule has 0 spiro atoms. The number of aliphatic hydroxyl groups excluding tert-OH is 1. The van der Waals surface area contributed by atoms with Crippen molar-refractivity contribution in [1.82, 2.24) is 4.90 Å². The average molecular weight is 622 g/mol. The minimum Gasteiger partial charge on any atom is -0.462 e. The van der Waals surface area contributed by atoms with Gasteiger partial charge in [-0.3, -0.25) is 9.69 Å². The van der Waals surface area contributed by atoms with Crippen LogP contribution < -0.4 is 0 Å². The number of cyclic esters (lactones) is 1. The van der Waals surface area contributed by atoms with Gasteiger partial charge in [-0.25, -0.2) is 4.79 Å². The van der Waals surface area contributed by atoms with E-state index in [1.165, 1.54) is 11.6 Å². The molecule has 0 aromatic rings. The molecule has 0 fully saturated rings. The summed E-state index contributed by atoms with van der Waals surface area (Å²) in [5.41, 5.74) is 1.17. The largest absolute Gasteiger partial charge is 0.462 e. The van der Waals surface area contributed by atoms with Gasteiger partial charge in [0.05, 0.1) is 31.5 Å². The van der Waals surface area contributed by atoms with Crippen LogP contribution in [0.15, 0.2) is 48.1 Å². The molecule has 0 aromatic heterocycles. The van der Waals surface area contributed by atoms with Gasteiger partial charge in [0, 0.05) is 39.7 Å². The number of likely N-dealkylation sites (N-methyl/N-ethyl adjacent to an activating group) is 1. The first-order valence-corrected chi connectivity index (χ1v) is 15.9. The molecule has 44 heavy (non-hydrogen) atoms. The number of hydrogen-bond donors (Lipinski definition) is 1. The smallest absolute Gasteiger partial charge is 0.330 e. The van der Waals surface area contributed by atoms with Crippen molar-refractivity contribution in [3.05, 3.63) is 48.1 Å². The van der Waals surface area contributed by atoms with Crippen LogP contribution in [0.3, 0.4) is 0 Å². The molecule has 252 valence electrons. The second-order valence-electron chi connectivity index (χ2n) is 12.2. The fraction of sp³-hybridized carbons (Fsp3) is 0.714. The normalized spacial score (nSPS) is 33.2. The van der Waals surface area contributed by atoms with E-state index in [0.29, 0.717) is 18.8 Å². The highest BCUT2D eigenvalue weighted by molar-refractivity contribution is 5.82. The molecule has 0 bridgehead atoms. The number of ether oxygens (including phenoxy) is 5. The van der Waals surface area contributed by atoms with Crippen molar-refractivity contribution < 1.29 is 38.4 Å². The van der Waals surface area contributed by atoms with E-state index in [2.05, 4.69) is 19.9 Å². The third-order valence-electron chi connectivity index (χ3n) is 8.38. The van der Waals surface area contributed by atoms with Crippen molar-refractivity contribution in [1.29, 1.82) is 0 Å². The molecule has 0 amide bonds.